The zero-order valence-electron chi connectivity index (χ0n) is 12.6. The van der Waals surface area contributed by atoms with Crippen molar-refractivity contribution in [3.8, 4) is 5.75 Å². The van der Waals surface area contributed by atoms with Crippen molar-refractivity contribution in [2.24, 2.45) is 0 Å². The number of carbonyl (C=O) groups is 2. The van der Waals surface area contributed by atoms with E-state index in [1.54, 1.807) is 7.11 Å². The standard InChI is InChI=1S/C15H21NO4/c1-9-6-12(19-4)7-10(2)13(9)8-14(15(18)20-5)16-11(3)17/h6-7,14H,8H2,1-5H3,(H,16,17)/t14-/m1/s1. The maximum atomic E-state index is 11.7. The van der Waals surface area contributed by atoms with Gasteiger partial charge in [-0.25, -0.2) is 4.79 Å². The summed E-state index contributed by atoms with van der Waals surface area (Å²) in [6, 6.07) is 3.14. The van der Waals surface area contributed by atoms with Gasteiger partial charge in [0.1, 0.15) is 11.8 Å². The van der Waals surface area contributed by atoms with Crippen molar-refractivity contribution in [3.63, 3.8) is 0 Å². The molecule has 1 aromatic carbocycles. The molecule has 0 aromatic heterocycles. The third kappa shape index (κ3) is 3.98. The van der Waals surface area contributed by atoms with Gasteiger partial charge in [0.25, 0.3) is 0 Å². The van der Waals surface area contributed by atoms with Gasteiger partial charge in [-0.1, -0.05) is 0 Å². The van der Waals surface area contributed by atoms with E-state index < -0.39 is 12.0 Å². The van der Waals surface area contributed by atoms with Gasteiger partial charge in [-0.2, -0.15) is 0 Å². The molecule has 1 atom stereocenters. The van der Waals surface area contributed by atoms with Crippen LogP contribution in [0.3, 0.4) is 0 Å². The molecule has 5 heteroatoms. The van der Waals surface area contributed by atoms with Crippen molar-refractivity contribution in [3.05, 3.63) is 28.8 Å². The van der Waals surface area contributed by atoms with E-state index in [1.165, 1.54) is 14.0 Å². The van der Waals surface area contributed by atoms with Crippen LogP contribution in [-0.2, 0) is 20.7 Å². The highest BCUT2D eigenvalue weighted by molar-refractivity contribution is 5.83. The molecule has 110 valence electrons. The predicted octanol–water partition coefficient (Wildman–Crippen LogP) is 1.53. The first-order valence-electron chi connectivity index (χ1n) is 6.38. The van der Waals surface area contributed by atoms with Crippen LogP contribution in [0.5, 0.6) is 5.75 Å². The average molecular weight is 279 g/mol. The number of amides is 1. The van der Waals surface area contributed by atoms with Crippen LogP contribution in [0.4, 0.5) is 0 Å². The normalized spacial score (nSPS) is 11.7. The lowest BCUT2D eigenvalue weighted by atomic mass is 9.96. The minimum absolute atomic E-state index is 0.260. The molecule has 0 aliphatic carbocycles. The zero-order valence-corrected chi connectivity index (χ0v) is 12.6. The third-order valence-corrected chi connectivity index (χ3v) is 3.18. The highest BCUT2D eigenvalue weighted by atomic mass is 16.5. The Morgan fingerprint density at radius 2 is 1.75 bits per heavy atom. The second-order valence-electron chi connectivity index (χ2n) is 4.72. The summed E-state index contributed by atoms with van der Waals surface area (Å²) in [7, 11) is 2.92. The molecule has 0 spiro atoms. The Morgan fingerprint density at radius 1 is 1.20 bits per heavy atom. The van der Waals surface area contributed by atoms with E-state index >= 15 is 0 Å². The van der Waals surface area contributed by atoms with Crippen LogP contribution in [0.25, 0.3) is 0 Å². The summed E-state index contributed by atoms with van der Waals surface area (Å²) in [6.45, 7) is 5.28. The van der Waals surface area contributed by atoms with E-state index in [0.29, 0.717) is 6.42 Å². The van der Waals surface area contributed by atoms with E-state index in [2.05, 4.69) is 5.32 Å². The zero-order chi connectivity index (χ0) is 15.3. The fraction of sp³-hybridized carbons (Fsp3) is 0.467. The van der Waals surface area contributed by atoms with Crippen LogP contribution in [0.15, 0.2) is 12.1 Å². The van der Waals surface area contributed by atoms with Crippen molar-refractivity contribution >= 4 is 11.9 Å². The van der Waals surface area contributed by atoms with Gasteiger partial charge >= 0.3 is 5.97 Å². The number of benzene rings is 1. The maximum Gasteiger partial charge on any atom is 0.328 e. The van der Waals surface area contributed by atoms with Crippen LogP contribution >= 0.6 is 0 Å². The first-order chi connectivity index (χ1) is 9.38. The topological polar surface area (TPSA) is 64.6 Å². The van der Waals surface area contributed by atoms with Gasteiger partial charge in [0, 0.05) is 13.3 Å². The Hall–Kier alpha value is -2.04. The minimum Gasteiger partial charge on any atom is -0.497 e. The first-order valence-corrected chi connectivity index (χ1v) is 6.38. The van der Waals surface area contributed by atoms with E-state index in [-0.39, 0.29) is 5.91 Å². The third-order valence-electron chi connectivity index (χ3n) is 3.18. The number of ether oxygens (including phenoxy) is 2. The molecule has 0 bridgehead atoms. The van der Waals surface area contributed by atoms with Gasteiger partial charge in [-0.05, 0) is 42.7 Å². The number of hydrogen-bond acceptors (Lipinski definition) is 4. The summed E-state index contributed by atoms with van der Waals surface area (Å²) in [5, 5.41) is 2.62. The summed E-state index contributed by atoms with van der Waals surface area (Å²) < 4.78 is 9.94. The van der Waals surface area contributed by atoms with Crippen LogP contribution < -0.4 is 10.1 Å². The molecule has 5 nitrogen and oxygen atoms in total. The van der Waals surface area contributed by atoms with Crippen molar-refractivity contribution in [2.75, 3.05) is 14.2 Å². The van der Waals surface area contributed by atoms with Crippen molar-refractivity contribution in [1.29, 1.82) is 0 Å². The smallest absolute Gasteiger partial charge is 0.328 e. The van der Waals surface area contributed by atoms with Crippen molar-refractivity contribution in [1.82, 2.24) is 5.32 Å². The monoisotopic (exact) mass is 279 g/mol. The lowest BCUT2D eigenvalue weighted by Crippen LogP contribution is -2.42. The molecule has 0 heterocycles. The molecule has 1 N–H and O–H groups in total. The van der Waals surface area contributed by atoms with Crippen LogP contribution in [0.1, 0.15) is 23.6 Å². The fourth-order valence-electron chi connectivity index (χ4n) is 2.18. The van der Waals surface area contributed by atoms with E-state index in [9.17, 15) is 9.59 Å². The SMILES string of the molecule is COC(=O)[C@@H](Cc1c(C)cc(OC)cc1C)NC(C)=O. The minimum atomic E-state index is -0.678. The van der Waals surface area contributed by atoms with Crippen molar-refractivity contribution in [2.45, 2.75) is 33.2 Å². The molecule has 20 heavy (non-hydrogen) atoms. The fourth-order valence-corrected chi connectivity index (χ4v) is 2.18. The lowest BCUT2D eigenvalue weighted by molar-refractivity contribution is -0.144. The Kier molecular flexibility index (Phi) is 5.55. The lowest BCUT2D eigenvalue weighted by Gasteiger charge is -2.19. The van der Waals surface area contributed by atoms with Crippen LogP contribution in [-0.4, -0.2) is 32.1 Å². The second-order valence-corrected chi connectivity index (χ2v) is 4.72. The van der Waals surface area contributed by atoms with Crippen molar-refractivity contribution < 1.29 is 19.1 Å². The number of nitrogens with one attached hydrogen (secondary N) is 1. The molecule has 0 saturated heterocycles. The molecule has 1 rings (SSSR count). The van der Waals surface area contributed by atoms with Gasteiger partial charge in [0.2, 0.25) is 5.91 Å². The van der Waals surface area contributed by atoms with Gasteiger partial charge in [0.05, 0.1) is 14.2 Å². The number of aryl methyl sites for hydroxylation is 2. The highest BCUT2D eigenvalue weighted by Gasteiger charge is 2.22. The van der Waals surface area contributed by atoms with Crippen LogP contribution in [0.2, 0.25) is 0 Å². The molecule has 0 unspecified atom stereocenters. The number of esters is 1. The summed E-state index contributed by atoms with van der Waals surface area (Å²) >= 11 is 0. The van der Waals surface area contributed by atoms with E-state index in [0.717, 1.165) is 22.4 Å². The number of methoxy groups -OCH3 is 2. The molecule has 1 aromatic rings. The molecule has 1 amide bonds. The molecular formula is C15H21NO4. The molecule has 0 aliphatic heterocycles. The van der Waals surface area contributed by atoms with Gasteiger partial charge in [-0.3, -0.25) is 4.79 Å². The predicted molar refractivity (Wildman–Crippen MR) is 75.8 cm³/mol. The largest absolute Gasteiger partial charge is 0.497 e. The van der Waals surface area contributed by atoms with E-state index in [4.69, 9.17) is 9.47 Å². The van der Waals surface area contributed by atoms with Gasteiger partial charge in [0.15, 0.2) is 0 Å². The summed E-state index contributed by atoms with van der Waals surface area (Å²) in [5.41, 5.74) is 3.04. The average Bonchev–Trinajstić information content (AvgIpc) is 2.39. The molecule has 0 saturated carbocycles. The molecule has 0 fully saturated rings. The first kappa shape index (κ1) is 16.0. The van der Waals surface area contributed by atoms with Gasteiger partial charge in [-0.15, -0.1) is 0 Å². The Morgan fingerprint density at radius 3 is 2.15 bits per heavy atom. The highest BCUT2D eigenvalue weighted by Crippen LogP contribution is 2.23. The Bertz CT molecular complexity index is 488. The van der Waals surface area contributed by atoms with Crippen LogP contribution in [0, 0.1) is 13.8 Å². The number of carbonyl (C=O) groups excluding carboxylic acids is 2. The molecule has 0 radical (unpaired) electrons. The summed E-state index contributed by atoms with van der Waals surface area (Å²) in [6.07, 6.45) is 0.397. The molecular weight excluding hydrogens is 258 g/mol. The summed E-state index contributed by atoms with van der Waals surface area (Å²) in [4.78, 5) is 22.9. The number of hydrogen-bond donors (Lipinski definition) is 1. The van der Waals surface area contributed by atoms with Gasteiger partial charge < -0.3 is 14.8 Å². The Balaban J connectivity index is 3.04. The Labute approximate surface area is 119 Å². The maximum absolute atomic E-state index is 11.7. The summed E-state index contributed by atoms with van der Waals surface area (Å²) in [5.74, 6) is 0.0666. The molecule has 0 aliphatic rings. The number of rotatable bonds is 5. The second kappa shape index (κ2) is 6.93. The van der Waals surface area contributed by atoms with E-state index in [1.807, 2.05) is 26.0 Å². The quantitative estimate of drug-likeness (QED) is 0.830.